The van der Waals surface area contributed by atoms with E-state index >= 15 is 0 Å². The lowest BCUT2D eigenvalue weighted by atomic mass is 9.73. The second kappa shape index (κ2) is 7.43. The molecular formula is C18H38N2O. The average molecular weight is 299 g/mol. The van der Waals surface area contributed by atoms with Gasteiger partial charge in [-0.25, -0.2) is 0 Å². The molecule has 0 saturated heterocycles. The number of nitrogens with one attached hydrogen (secondary N) is 1. The van der Waals surface area contributed by atoms with Crippen molar-refractivity contribution in [2.45, 2.75) is 84.8 Å². The van der Waals surface area contributed by atoms with Gasteiger partial charge in [0.25, 0.3) is 0 Å². The first-order valence-electron chi connectivity index (χ1n) is 8.75. The van der Waals surface area contributed by atoms with Gasteiger partial charge in [-0.15, -0.1) is 0 Å². The van der Waals surface area contributed by atoms with Gasteiger partial charge in [0.05, 0.1) is 5.60 Å². The zero-order chi connectivity index (χ0) is 16.1. The largest absolute Gasteiger partial charge is 0.389 e. The Morgan fingerprint density at radius 2 is 1.62 bits per heavy atom. The molecule has 0 atom stereocenters. The van der Waals surface area contributed by atoms with Gasteiger partial charge in [0.1, 0.15) is 0 Å². The molecule has 0 aromatic heterocycles. The third-order valence-corrected chi connectivity index (χ3v) is 4.52. The second-order valence-corrected chi connectivity index (χ2v) is 8.78. The lowest BCUT2D eigenvalue weighted by molar-refractivity contribution is 0.0131. The highest BCUT2D eigenvalue weighted by atomic mass is 16.3. The highest BCUT2D eigenvalue weighted by Gasteiger charge is 2.35. The first-order valence-corrected chi connectivity index (χ1v) is 8.75. The van der Waals surface area contributed by atoms with Crippen LogP contribution in [0.2, 0.25) is 0 Å². The molecule has 21 heavy (non-hydrogen) atoms. The molecule has 0 aliphatic heterocycles. The Hall–Kier alpha value is -0.120. The minimum Gasteiger partial charge on any atom is -0.389 e. The van der Waals surface area contributed by atoms with Gasteiger partial charge in [0, 0.05) is 25.2 Å². The Balaban J connectivity index is 2.71. The SMILES string of the molecule is CCN(CC(C)(C)O)CC1(CNC(C)(C)C)CCCCC1. The number of rotatable bonds is 7. The minimum absolute atomic E-state index is 0.178. The maximum Gasteiger partial charge on any atom is 0.0718 e. The summed E-state index contributed by atoms with van der Waals surface area (Å²) >= 11 is 0. The van der Waals surface area contributed by atoms with Crippen LogP contribution in [-0.2, 0) is 0 Å². The Kier molecular flexibility index (Phi) is 6.70. The van der Waals surface area contributed by atoms with Gasteiger partial charge in [-0.05, 0) is 59.4 Å². The van der Waals surface area contributed by atoms with Crippen molar-refractivity contribution in [3.05, 3.63) is 0 Å². The molecule has 2 N–H and O–H groups in total. The molecule has 1 saturated carbocycles. The van der Waals surface area contributed by atoms with Crippen LogP contribution in [0.1, 0.15) is 73.6 Å². The van der Waals surface area contributed by atoms with Crippen LogP contribution in [0.15, 0.2) is 0 Å². The lowest BCUT2D eigenvalue weighted by Crippen LogP contribution is -2.51. The van der Waals surface area contributed by atoms with E-state index in [0.717, 1.165) is 26.2 Å². The van der Waals surface area contributed by atoms with Crippen molar-refractivity contribution < 1.29 is 5.11 Å². The fourth-order valence-corrected chi connectivity index (χ4v) is 3.45. The van der Waals surface area contributed by atoms with Crippen LogP contribution in [-0.4, -0.2) is 47.3 Å². The summed E-state index contributed by atoms with van der Waals surface area (Å²) < 4.78 is 0. The maximum atomic E-state index is 10.1. The molecule has 0 spiro atoms. The summed E-state index contributed by atoms with van der Waals surface area (Å²) in [4.78, 5) is 2.44. The van der Waals surface area contributed by atoms with E-state index in [9.17, 15) is 5.11 Å². The van der Waals surface area contributed by atoms with E-state index in [1.54, 1.807) is 0 Å². The van der Waals surface area contributed by atoms with Gasteiger partial charge in [-0.2, -0.15) is 0 Å². The van der Waals surface area contributed by atoms with Gasteiger partial charge in [-0.1, -0.05) is 26.2 Å². The van der Waals surface area contributed by atoms with Crippen molar-refractivity contribution in [2.24, 2.45) is 5.41 Å². The monoisotopic (exact) mass is 298 g/mol. The Labute approximate surface area is 132 Å². The molecule has 0 aromatic carbocycles. The van der Waals surface area contributed by atoms with E-state index in [1.165, 1.54) is 32.1 Å². The van der Waals surface area contributed by atoms with Crippen molar-refractivity contribution in [1.82, 2.24) is 10.2 Å². The van der Waals surface area contributed by atoms with Crippen molar-refractivity contribution in [1.29, 1.82) is 0 Å². The predicted molar refractivity (Wildman–Crippen MR) is 91.7 cm³/mol. The van der Waals surface area contributed by atoms with Gasteiger partial charge in [0.15, 0.2) is 0 Å². The van der Waals surface area contributed by atoms with Crippen LogP contribution < -0.4 is 5.32 Å². The molecule has 3 nitrogen and oxygen atoms in total. The van der Waals surface area contributed by atoms with E-state index in [-0.39, 0.29) is 5.54 Å². The molecule has 0 heterocycles. The normalized spacial score (nSPS) is 20.0. The molecular weight excluding hydrogens is 260 g/mol. The van der Waals surface area contributed by atoms with E-state index < -0.39 is 5.60 Å². The summed E-state index contributed by atoms with van der Waals surface area (Å²) in [6, 6.07) is 0. The van der Waals surface area contributed by atoms with Gasteiger partial charge >= 0.3 is 0 Å². The first-order chi connectivity index (χ1) is 9.55. The van der Waals surface area contributed by atoms with E-state index in [1.807, 2.05) is 13.8 Å². The molecule has 1 rings (SSSR count). The van der Waals surface area contributed by atoms with Crippen LogP contribution in [0.3, 0.4) is 0 Å². The quantitative estimate of drug-likeness (QED) is 0.756. The molecule has 0 amide bonds. The van der Waals surface area contributed by atoms with Crippen molar-refractivity contribution >= 4 is 0 Å². The molecule has 126 valence electrons. The first kappa shape index (κ1) is 18.9. The smallest absolute Gasteiger partial charge is 0.0718 e. The van der Waals surface area contributed by atoms with Gasteiger partial charge in [0.2, 0.25) is 0 Å². The molecule has 0 bridgehead atoms. The standard InChI is InChI=1S/C18H38N2O/c1-7-20(14-17(5,6)21)15-18(11-9-8-10-12-18)13-19-16(2,3)4/h19,21H,7-15H2,1-6H3. The van der Waals surface area contributed by atoms with E-state index in [2.05, 4.69) is 37.9 Å². The van der Waals surface area contributed by atoms with Crippen molar-refractivity contribution in [2.75, 3.05) is 26.2 Å². The van der Waals surface area contributed by atoms with Gasteiger partial charge < -0.3 is 15.3 Å². The zero-order valence-electron chi connectivity index (χ0n) is 15.3. The highest BCUT2D eigenvalue weighted by Crippen LogP contribution is 2.37. The molecule has 3 heteroatoms. The molecule has 0 aromatic rings. The second-order valence-electron chi connectivity index (χ2n) is 8.78. The zero-order valence-corrected chi connectivity index (χ0v) is 15.3. The summed E-state index contributed by atoms with van der Waals surface area (Å²) in [6.45, 7) is 16.8. The number of nitrogens with zero attached hydrogens (tertiary/aromatic N) is 1. The summed E-state index contributed by atoms with van der Waals surface area (Å²) in [5.74, 6) is 0. The summed E-state index contributed by atoms with van der Waals surface area (Å²) in [5.41, 5.74) is -0.0478. The average Bonchev–Trinajstić information content (AvgIpc) is 2.34. The highest BCUT2D eigenvalue weighted by molar-refractivity contribution is 4.90. The summed E-state index contributed by atoms with van der Waals surface area (Å²) in [6.07, 6.45) is 6.73. The summed E-state index contributed by atoms with van der Waals surface area (Å²) in [7, 11) is 0. The third kappa shape index (κ3) is 7.62. The molecule has 0 radical (unpaired) electrons. The van der Waals surface area contributed by atoms with Crippen molar-refractivity contribution in [3.8, 4) is 0 Å². The lowest BCUT2D eigenvalue weighted by Gasteiger charge is -2.44. The Morgan fingerprint density at radius 3 is 2.05 bits per heavy atom. The Bertz CT molecular complexity index is 295. The van der Waals surface area contributed by atoms with Crippen molar-refractivity contribution in [3.63, 3.8) is 0 Å². The minimum atomic E-state index is -0.608. The van der Waals surface area contributed by atoms with Crippen LogP contribution in [0.25, 0.3) is 0 Å². The third-order valence-electron chi connectivity index (χ3n) is 4.52. The number of aliphatic hydroxyl groups is 1. The van der Waals surface area contributed by atoms with E-state index in [4.69, 9.17) is 0 Å². The number of hydrogen-bond acceptors (Lipinski definition) is 3. The van der Waals surface area contributed by atoms with E-state index in [0.29, 0.717) is 5.41 Å². The molecule has 1 aliphatic rings. The predicted octanol–water partition coefficient (Wildman–Crippen LogP) is 3.42. The number of likely N-dealkylation sites (N-methyl/N-ethyl adjacent to an activating group) is 1. The summed E-state index contributed by atoms with van der Waals surface area (Å²) in [5, 5.41) is 13.9. The maximum absolute atomic E-state index is 10.1. The van der Waals surface area contributed by atoms with Crippen LogP contribution in [0.5, 0.6) is 0 Å². The Morgan fingerprint density at radius 1 is 1.05 bits per heavy atom. The fraction of sp³-hybridized carbons (Fsp3) is 1.00. The molecule has 1 aliphatic carbocycles. The van der Waals surface area contributed by atoms with Crippen LogP contribution in [0, 0.1) is 5.41 Å². The number of hydrogen-bond donors (Lipinski definition) is 2. The molecule has 1 fully saturated rings. The topological polar surface area (TPSA) is 35.5 Å². The molecule has 0 unspecified atom stereocenters. The fourth-order valence-electron chi connectivity index (χ4n) is 3.45. The van der Waals surface area contributed by atoms with Crippen LogP contribution >= 0.6 is 0 Å². The van der Waals surface area contributed by atoms with Crippen LogP contribution in [0.4, 0.5) is 0 Å². The van der Waals surface area contributed by atoms with Gasteiger partial charge in [-0.3, -0.25) is 0 Å².